The van der Waals surface area contributed by atoms with Gasteiger partial charge in [0.15, 0.2) is 0 Å². The molecule has 0 spiro atoms. The van der Waals surface area contributed by atoms with Crippen LogP contribution in [-0.4, -0.2) is 6.04 Å². The molecule has 0 aliphatic heterocycles. The van der Waals surface area contributed by atoms with E-state index >= 15 is 0 Å². The van der Waals surface area contributed by atoms with Crippen LogP contribution in [0.1, 0.15) is 18.1 Å². The van der Waals surface area contributed by atoms with Crippen LogP contribution >= 0.6 is 27.7 Å². The lowest BCUT2D eigenvalue weighted by molar-refractivity contribution is 0.737. The average molecular weight is 336 g/mol. The van der Waals surface area contributed by atoms with Crippen LogP contribution in [0.15, 0.2) is 56.7 Å². The van der Waals surface area contributed by atoms with E-state index in [-0.39, 0.29) is 6.04 Å². The third-order valence-corrected chi connectivity index (χ3v) is 4.48. The van der Waals surface area contributed by atoms with E-state index < -0.39 is 0 Å². The summed E-state index contributed by atoms with van der Waals surface area (Å²) in [4.78, 5) is 2.55. The molecule has 0 radical (unpaired) electrons. The van der Waals surface area contributed by atoms with E-state index in [4.69, 9.17) is 5.73 Å². The fraction of sp³-hybridized carbons (Fsp3) is 0.250. The first-order valence-electron chi connectivity index (χ1n) is 6.33. The molecule has 2 N–H and O–H groups in total. The Kier molecular flexibility index (Phi) is 5.08. The fourth-order valence-corrected chi connectivity index (χ4v) is 3.48. The van der Waals surface area contributed by atoms with Gasteiger partial charge in [-0.05, 0) is 55.7 Å². The number of aryl methyl sites for hydroxylation is 1. The molecule has 0 saturated carbocycles. The summed E-state index contributed by atoms with van der Waals surface area (Å²) in [6.07, 6.45) is 0.933. The second kappa shape index (κ2) is 6.60. The van der Waals surface area contributed by atoms with Gasteiger partial charge in [0.2, 0.25) is 0 Å². The standard InChI is InChI=1S/C16H18BrNS/c1-11-8-13(9-12(2)18)6-7-16(11)19-15-5-3-4-14(17)10-15/h3-8,10,12H,9,18H2,1-2H3. The molecule has 3 heteroatoms. The Morgan fingerprint density at radius 1 is 1.21 bits per heavy atom. The third kappa shape index (κ3) is 4.37. The molecule has 1 atom stereocenters. The van der Waals surface area contributed by atoms with Crippen molar-refractivity contribution < 1.29 is 0 Å². The molecule has 0 aliphatic carbocycles. The van der Waals surface area contributed by atoms with Gasteiger partial charge in [0.25, 0.3) is 0 Å². The maximum atomic E-state index is 5.84. The minimum Gasteiger partial charge on any atom is -0.328 e. The monoisotopic (exact) mass is 335 g/mol. The van der Waals surface area contributed by atoms with Crippen LogP contribution in [0.25, 0.3) is 0 Å². The maximum absolute atomic E-state index is 5.84. The van der Waals surface area contributed by atoms with Crippen molar-refractivity contribution in [1.29, 1.82) is 0 Å². The number of benzene rings is 2. The summed E-state index contributed by atoms with van der Waals surface area (Å²) >= 11 is 5.30. The smallest absolute Gasteiger partial charge is 0.0186 e. The predicted octanol–water partition coefficient (Wildman–Crippen LogP) is 4.80. The molecule has 0 aliphatic rings. The van der Waals surface area contributed by atoms with E-state index in [2.05, 4.69) is 59.3 Å². The number of halogens is 1. The van der Waals surface area contributed by atoms with Crippen molar-refractivity contribution in [2.45, 2.75) is 36.1 Å². The first kappa shape index (κ1) is 14.6. The Labute approximate surface area is 127 Å². The summed E-state index contributed by atoms with van der Waals surface area (Å²) in [5.74, 6) is 0. The Bertz CT molecular complexity index is 566. The highest BCUT2D eigenvalue weighted by Gasteiger charge is 2.04. The van der Waals surface area contributed by atoms with Crippen molar-refractivity contribution >= 4 is 27.7 Å². The lowest BCUT2D eigenvalue weighted by Crippen LogP contribution is -2.17. The first-order valence-corrected chi connectivity index (χ1v) is 7.94. The van der Waals surface area contributed by atoms with E-state index in [0.29, 0.717) is 0 Å². The molecule has 2 aromatic rings. The van der Waals surface area contributed by atoms with Crippen LogP contribution in [-0.2, 0) is 6.42 Å². The molecular weight excluding hydrogens is 318 g/mol. The highest BCUT2D eigenvalue weighted by atomic mass is 79.9. The Balaban J connectivity index is 2.17. The van der Waals surface area contributed by atoms with Crippen molar-refractivity contribution in [3.63, 3.8) is 0 Å². The van der Waals surface area contributed by atoms with Crippen molar-refractivity contribution in [3.05, 3.63) is 58.1 Å². The van der Waals surface area contributed by atoms with Gasteiger partial charge in [0.1, 0.15) is 0 Å². The predicted molar refractivity (Wildman–Crippen MR) is 86.8 cm³/mol. The SMILES string of the molecule is Cc1cc(CC(C)N)ccc1Sc1cccc(Br)c1. The average Bonchev–Trinajstić information content (AvgIpc) is 2.32. The van der Waals surface area contributed by atoms with E-state index in [1.165, 1.54) is 20.9 Å². The molecule has 19 heavy (non-hydrogen) atoms. The van der Waals surface area contributed by atoms with E-state index in [1.807, 2.05) is 13.0 Å². The molecule has 0 saturated heterocycles. The second-order valence-electron chi connectivity index (χ2n) is 4.84. The summed E-state index contributed by atoms with van der Waals surface area (Å²) in [7, 11) is 0. The Morgan fingerprint density at radius 2 is 2.00 bits per heavy atom. The van der Waals surface area contributed by atoms with Crippen molar-refractivity contribution in [2.75, 3.05) is 0 Å². The van der Waals surface area contributed by atoms with Gasteiger partial charge in [-0.25, -0.2) is 0 Å². The van der Waals surface area contributed by atoms with Crippen LogP contribution in [0.2, 0.25) is 0 Å². The van der Waals surface area contributed by atoms with E-state index in [9.17, 15) is 0 Å². The van der Waals surface area contributed by atoms with Crippen LogP contribution < -0.4 is 5.73 Å². The van der Waals surface area contributed by atoms with Gasteiger partial charge in [-0.2, -0.15) is 0 Å². The Morgan fingerprint density at radius 3 is 2.63 bits per heavy atom. The topological polar surface area (TPSA) is 26.0 Å². The van der Waals surface area contributed by atoms with Crippen molar-refractivity contribution in [1.82, 2.24) is 0 Å². The minimum absolute atomic E-state index is 0.211. The van der Waals surface area contributed by atoms with Gasteiger partial charge in [-0.15, -0.1) is 0 Å². The molecule has 0 aromatic heterocycles. The number of hydrogen-bond acceptors (Lipinski definition) is 2. The summed E-state index contributed by atoms with van der Waals surface area (Å²) in [6, 6.07) is 15.2. The molecule has 100 valence electrons. The zero-order valence-electron chi connectivity index (χ0n) is 11.2. The van der Waals surface area contributed by atoms with Crippen molar-refractivity contribution in [2.24, 2.45) is 5.73 Å². The normalized spacial score (nSPS) is 12.4. The molecule has 2 rings (SSSR count). The number of rotatable bonds is 4. The molecule has 1 unspecified atom stereocenters. The molecule has 1 nitrogen and oxygen atoms in total. The minimum atomic E-state index is 0.211. The first-order chi connectivity index (χ1) is 9.04. The summed E-state index contributed by atoms with van der Waals surface area (Å²) in [6.45, 7) is 4.20. The van der Waals surface area contributed by atoms with Gasteiger partial charge < -0.3 is 5.73 Å². The molecule has 0 bridgehead atoms. The summed E-state index contributed by atoms with van der Waals surface area (Å²) in [5.41, 5.74) is 8.46. The highest BCUT2D eigenvalue weighted by molar-refractivity contribution is 9.10. The second-order valence-corrected chi connectivity index (χ2v) is 6.87. The number of hydrogen-bond donors (Lipinski definition) is 1. The van der Waals surface area contributed by atoms with Gasteiger partial charge in [0.05, 0.1) is 0 Å². The van der Waals surface area contributed by atoms with E-state index in [1.54, 1.807) is 11.8 Å². The van der Waals surface area contributed by atoms with Crippen LogP contribution in [0.5, 0.6) is 0 Å². The summed E-state index contributed by atoms with van der Waals surface area (Å²) < 4.78 is 1.11. The van der Waals surface area contributed by atoms with Crippen molar-refractivity contribution in [3.8, 4) is 0 Å². The Hall–Kier alpha value is -0.770. The summed E-state index contributed by atoms with van der Waals surface area (Å²) in [5, 5.41) is 0. The third-order valence-electron chi connectivity index (χ3n) is 2.82. The van der Waals surface area contributed by atoms with Crippen LogP contribution in [0, 0.1) is 6.92 Å². The molecular formula is C16H18BrNS. The van der Waals surface area contributed by atoms with Gasteiger partial charge >= 0.3 is 0 Å². The zero-order valence-corrected chi connectivity index (χ0v) is 13.6. The fourth-order valence-electron chi connectivity index (χ4n) is 1.98. The maximum Gasteiger partial charge on any atom is 0.0186 e. The van der Waals surface area contributed by atoms with Crippen LogP contribution in [0.4, 0.5) is 0 Å². The largest absolute Gasteiger partial charge is 0.328 e. The molecule has 0 heterocycles. The molecule has 0 fully saturated rings. The zero-order chi connectivity index (χ0) is 13.8. The van der Waals surface area contributed by atoms with Gasteiger partial charge in [-0.3, -0.25) is 0 Å². The quantitative estimate of drug-likeness (QED) is 0.868. The van der Waals surface area contributed by atoms with E-state index in [0.717, 1.165) is 10.9 Å². The lowest BCUT2D eigenvalue weighted by atomic mass is 10.1. The highest BCUT2D eigenvalue weighted by Crippen LogP contribution is 2.32. The lowest BCUT2D eigenvalue weighted by Gasteiger charge is -2.10. The van der Waals surface area contributed by atoms with Crippen LogP contribution in [0.3, 0.4) is 0 Å². The molecule has 2 aromatic carbocycles. The van der Waals surface area contributed by atoms with Gasteiger partial charge in [-0.1, -0.05) is 45.9 Å². The van der Waals surface area contributed by atoms with Gasteiger partial charge in [0, 0.05) is 20.3 Å². The molecule has 0 amide bonds. The number of nitrogens with two attached hydrogens (primary N) is 1.